The van der Waals surface area contributed by atoms with Crippen LogP contribution in [-0.4, -0.2) is 26.6 Å². The molecule has 14 heavy (non-hydrogen) atoms. The van der Waals surface area contributed by atoms with Gasteiger partial charge in [0.1, 0.15) is 5.69 Å². The number of hydrogen-bond acceptors (Lipinski definition) is 3. The van der Waals surface area contributed by atoms with Crippen LogP contribution < -0.4 is 0 Å². The lowest BCUT2D eigenvalue weighted by molar-refractivity contribution is 0.0689. The number of carboxylic acid groups (broad SMARTS) is 1. The lowest BCUT2D eigenvalue weighted by atomic mass is 10.2. The number of Topliss-reactive ketones (excluding diaryl/α,β-unsaturated/α-hetero) is 1. The molecular formula is C9H12N2O3. The first-order valence-corrected chi connectivity index (χ1v) is 4.27. The van der Waals surface area contributed by atoms with Crippen LogP contribution in [0.25, 0.3) is 0 Å². The van der Waals surface area contributed by atoms with Crippen LogP contribution in [0.3, 0.4) is 0 Å². The van der Waals surface area contributed by atoms with Gasteiger partial charge in [0.05, 0.1) is 0 Å². The van der Waals surface area contributed by atoms with Crippen molar-refractivity contribution in [3.05, 3.63) is 17.5 Å². The molecule has 76 valence electrons. The molecule has 0 unspecified atom stereocenters. The van der Waals surface area contributed by atoms with Crippen LogP contribution >= 0.6 is 0 Å². The molecule has 0 bridgehead atoms. The second kappa shape index (κ2) is 3.61. The second-order valence-corrected chi connectivity index (χ2v) is 3.31. The zero-order valence-electron chi connectivity index (χ0n) is 8.31. The molecule has 0 saturated carbocycles. The molecule has 1 aromatic rings. The highest BCUT2D eigenvalue weighted by atomic mass is 16.4. The van der Waals surface area contributed by atoms with Crippen LogP contribution in [0.2, 0.25) is 0 Å². The largest absolute Gasteiger partial charge is 0.476 e. The zero-order chi connectivity index (χ0) is 10.9. The van der Waals surface area contributed by atoms with Crippen molar-refractivity contribution in [2.75, 3.05) is 0 Å². The SMILES string of the molecule is CC(=O)c1cc(C(=O)O)nn1C(C)C. The molecular weight excluding hydrogens is 184 g/mol. The fourth-order valence-corrected chi connectivity index (χ4v) is 1.16. The number of carbonyl (C=O) groups is 2. The van der Waals surface area contributed by atoms with E-state index in [-0.39, 0.29) is 17.5 Å². The van der Waals surface area contributed by atoms with Crippen molar-refractivity contribution in [3.63, 3.8) is 0 Å². The first kappa shape index (κ1) is 10.4. The van der Waals surface area contributed by atoms with Gasteiger partial charge in [0.25, 0.3) is 0 Å². The van der Waals surface area contributed by atoms with Gasteiger partial charge in [-0.2, -0.15) is 5.10 Å². The Kier molecular flexibility index (Phi) is 2.69. The van der Waals surface area contributed by atoms with Crippen molar-refractivity contribution in [2.24, 2.45) is 0 Å². The topological polar surface area (TPSA) is 72.2 Å². The van der Waals surface area contributed by atoms with Gasteiger partial charge in [-0.25, -0.2) is 4.79 Å². The molecule has 0 atom stereocenters. The highest BCUT2D eigenvalue weighted by molar-refractivity contribution is 5.95. The van der Waals surface area contributed by atoms with E-state index in [4.69, 9.17) is 5.11 Å². The zero-order valence-corrected chi connectivity index (χ0v) is 8.31. The number of carboxylic acids is 1. The Morgan fingerprint density at radius 3 is 2.36 bits per heavy atom. The van der Waals surface area contributed by atoms with Crippen molar-refractivity contribution in [3.8, 4) is 0 Å². The third-order valence-electron chi connectivity index (χ3n) is 1.80. The minimum Gasteiger partial charge on any atom is -0.476 e. The average Bonchev–Trinajstić information content (AvgIpc) is 2.47. The molecule has 0 fully saturated rings. The van der Waals surface area contributed by atoms with Gasteiger partial charge in [-0.05, 0) is 13.8 Å². The Bertz CT molecular complexity index is 379. The van der Waals surface area contributed by atoms with Crippen molar-refractivity contribution < 1.29 is 14.7 Å². The quantitative estimate of drug-likeness (QED) is 0.741. The van der Waals surface area contributed by atoms with Crippen LogP contribution in [0.1, 0.15) is 47.8 Å². The molecule has 5 nitrogen and oxygen atoms in total. The summed E-state index contributed by atoms with van der Waals surface area (Å²) in [6.45, 7) is 5.07. The van der Waals surface area contributed by atoms with Crippen LogP contribution in [-0.2, 0) is 0 Å². The molecule has 1 heterocycles. The number of hydrogen-bond donors (Lipinski definition) is 1. The number of rotatable bonds is 3. The average molecular weight is 196 g/mol. The number of ketones is 1. The summed E-state index contributed by atoms with van der Waals surface area (Å²) < 4.78 is 1.42. The van der Waals surface area contributed by atoms with Gasteiger partial charge >= 0.3 is 5.97 Å². The van der Waals surface area contributed by atoms with Crippen LogP contribution in [0.4, 0.5) is 0 Å². The fraction of sp³-hybridized carbons (Fsp3) is 0.444. The first-order valence-electron chi connectivity index (χ1n) is 4.27. The summed E-state index contributed by atoms with van der Waals surface area (Å²) >= 11 is 0. The Hall–Kier alpha value is -1.65. The van der Waals surface area contributed by atoms with Crippen LogP contribution in [0.5, 0.6) is 0 Å². The Labute approximate surface area is 81.3 Å². The molecule has 0 saturated heterocycles. The van der Waals surface area contributed by atoms with Crippen molar-refractivity contribution in [2.45, 2.75) is 26.8 Å². The lowest BCUT2D eigenvalue weighted by Crippen LogP contribution is -2.10. The number of nitrogens with zero attached hydrogens (tertiary/aromatic N) is 2. The fourth-order valence-electron chi connectivity index (χ4n) is 1.16. The monoisotopic (exact) mass is 196 g/mol. The highest BCUT2D eigenvalue weighted by Crippen LogP contribution is 2.11. The molecule has 0 amide bonds. The minimum absolute atomic E-state index is 0.0259. The molecule has 0 aromatic carbocycles. The van der Waals surface area contributed by atoms with E-state index < -0.39 is 5.97 Å². The molecule has 0 radical (unpaired) electrons. The van der Waals surface area contributed by atoms with Gasteiger partial charge < -0.3 is 5.11 Å². The third kappa shape index (κ3) is 1.81. The predicted molar refractivity (Wildman–Crippen MR) is 49.6 cm³/mol. The summed E-state index contributed by atoms with van der Waals surface area (Å²) in [5.74, 6) is -1.30. The normalized spacial score (nSPS) is 10.6. The van der Waals surface area contributed by atoms with E-state index in [1.807, 2.05) is 13.8 Å². The van der Waals surface area contributed by atoms with Gasteiger partial charge in [-0.3, -0.25) is 9.48 Å². The summed E-state index contributed by atoms with van der Waals surface area (Å²) in [7, 11) is 0. The molecule has 0 aliphatic rings. The summed E-state index contributed by atoms with van der Waals surface area (Å²) in [4.78, 5) is 21.8. The molecule has 0 aliphatic carbocycles. The number of carbonyl (C=O) groups excluding carboxylic acids is 1. The van der Waals surface area contributed by atoms with Gasteiger partial charge in [0.2, 0.25) is 0 Å². The van der Waals surface area contributed by atoms with E-state index in [1.54, 1.807) is 0 Å². The van der Waals surface area contributed by atoms with Crippen LogP contribution in [0.15, 0.2) is 6.07 Å². The van der Waals surface area contributed by atoms with Crippen LogP contribution in [0, 0.1) is 0 Å². The highest BCUT2D eigenvalue weighted by Gasteiger charge is 2.17. The molecule has 1 aromatic heterocycles. The van der Waals surface area contributed by atoms with Gasteiger partial charge in [0, 0.05) is 19.0 Å². The van der Waals surface area contributed by atoms with E-state index in [2.05, 4.69) is 5.10 Å². The summed E-state index contributed by atoms with van der Waals surface area (Å²) in [6, 6.07) is 1.27. The van der Waals surface area contributed by atoms with E-state index in [1.165, 1.54) is 17.7 Å². The summed E-state index contributed by atoms with van der Waals surface area (Å²) in [5.41, 5.74) is 0.237. The van der Waals surface area contributed by atoms with Gasteiger partial charge in [-0.1, -0.05) is 0 Å². The van der Waals surface area contributed by atoms with E-state index in [0.717, 1.165) is 0 Å². The maximum atomic E-state index is 11.2. The smallest absolute Gasteiger partial charge is 0.356 e. The Morgan fingerprint density at radius 1 is 1.50 bits per heavy atom. The van der Waals surface area contributed by atoms with Crippen molar-refractivity contribution in [1.29, 1.82) is 0 Å². The van der Waals surface area contributed by atoms with E-state index in [9.17, 15) is 9.59 Å². The summed E-state index contributed by atoms with van der Waals surface area (Å²) in [5, 5.41) is 12.5. The Morgan fingerprint density at radius 2 is 2.07 bits per heavy atom. The molecule has 0 aliphatic heterocycles. The number of aromatic nitrogens is 2. The number of aromatic carboxylic acids is 1. The summed E-state index contributed by atoms with van der Waals surface area (Å²) in [6.07, 6.45) is 0. The lowest BCUT2D eigenvalue weighted by Gasteiger charge is -2.07. The van der Waals surface area contributed by atoms with E-state index >= 15 is 0 Å². The minimum atomic E-state index is -1.12. The molecule has 0 spiro atoms. The standard InChI is InChI=1S/C9H12N2O3/c1-5(2)11-8(6(3)12)4-7(10-11)9(13)14/h4-5H,1-3H3,(H,13,14). The molecule has 1 N–H and O–H groups in total. The third-order valence-corrected chi connectivity index (χ3v) is 1.80. The maximum Gasteiger partial charge on any atom is 0.356 e. The molecule has 5 heteroatoms. The van der Waals surface area contributed by atoms with Gasteiger partial charge in [-0.15, -0.1) is 0 Å². The molecule has 1 rings (SSSR count). The first-order chi connectivity index (χ1) is 6.43. The predicted octanol–water partition coefficient (Wildman–Crippen LogP) is 1.36. The van der Waals surface area contributed by atoms with E-state index in [0.29, 0.717) is 5.69 Å². The Balaban J connectivity index is 3.26. The van der Waals surface area contributed by atoms with Crippen molar-refractivity contribution >= 4 is 11.8 Å². The second-order valence-electron chi connectivity index (χ2n) is 3.31. The van der Waals surface area contributed by atoms with Crippen molar-refractivity contribution in [1.82, 2.24) is 9.78 Å². The maximum absolute atomic E-state index is 11.2. The van der Waals surface area contributed by atoms with Gasteiger partial charge in [0.15, 0.2) is 11.5 Å².